The van der Waals surface area contributed by atoms with Crippen molar-refractivity contribution < 1.29 is 0 Å². The van der Waals surface area contributed by atoms with Crippen LogP contribution in [-0.4, -0.2) is 38.1 Å². The lowest BCUT2D eigenvalue weighted by atomic mass is 10.2. The lowest BCUT2D eigenvalue weighted by molar-refractivity contribution is 0.323. The molecule has 0 saturated heterocycles. The van der Waals surface area contributed by atoms with E-state index < -0.39 is 0 Å². The van der Waals surface area contributed by atoms with Gasteiger partial charge in [0.1, 0.15) is 0 Å². The fraction of sp³-hybridized carbons (Fsp3) is 1.00. The van der Waals surface area contributed by atoms with Crippen LogP contribution in [-0.2, 0) is 0 Å². The summed E-state index contributed by atoms with van der Waals surface area (Å²) in [7, 11) is 2.21. The van der Waals surface area contributed by atoms with Crippen molar-refractivity contribution in [1.29, 1.82) is 0 Å². The number of hydrogen-bond donors (Lipinski definition) is 1. The molecule has 0 radical (unpaired) electrons. The lowest BCUT2D eigenvalue weighted by Gasteiger charge is -2.16. The van der Waals surface area contributed by atoms with Crippen LogP contribution in [0.3, 0.4) is 0 Å². The van der Waals surface area contributed by atoms with Crippen LogP contribution in [0.5, 0.6) is 0 Å². The van der Waals surface area contributed by atoms with Gasteiger partial charge in [0, 0.05) is 13.1 Å². The van der Waals surface area contributed by atoms with Gasteiger partial charge in [-0.15, -0.1) is 0 Å². The van der Waals surface area contributed by atoms with E-state index in [-0.39, 0.29) is 0 Å². The summed E-state index contributed by atoms with van der Waals surface area (Å²) in [5.41, 5.74) is 0. The van der Waals surface area contributed by atoms with Gasteiger partial charge in [-0.2, -0.15) is 0 Å². The lowest BCUT2D eigenvalue weighted by Crippen LogP contribution is -2.29. The van der Waals surface area contributed by atoms with Gasteiger partial charge in [0.05, 0.1) is 0 Å². The molecular weight excluding hydrogens is 160 g/mol. The standard InChI is InChI=1S/C11H26N2/c1-4-6-7-8-10-13(3)11-9-12-5-2/h12H,4-11H2,1-3H3. The predicted octanol–water partition coefficient (Wildman–Crippen LogP) is 2.11. The molecule has 0 aliphatic heterocycles. The van der Waals surface area contributed by atoms with Crippen molar-refractivity contribution in [1.82, 2.24) is 10.2 Å². The van der Waals surface area contributed by atoms with Crippen molar-refractivity contribution >= 4 is 0 Å². The highest BCUT2D eigenvalue weighted by Gasteiger charge is 1.96. The molecule has 80 valence electrons. The molecule has 0 aromatic heterocycles. The fourth-order valence-corrected chi connectivity index (χ4v) is 1.37. The molecule has 2 heteroatoms. The highest BCUT2D eigenvalue weighted by Crippen LogP contribution is 1.99. The zero-order valence-corrected chi connectivity index (χ0v) is 9.60. The van der Waals surface area contributed by atoms with Crippen LogP contribution in [0.2, 0.25) is 0 Å². The molecule has 2 nitrogen and oxygen atoms in total. The smallest absolute Gasteiger partial charge is 0.0104 e. The first-order valence-electron chi connectivity index (χ1n) is 5.70. The van der Waals surface area contributed by atoms with E-state index in [9.17, 15) is 0 Å². The minimum absolute atomic E-state index is 1.09. The van der Waals surface area contributed by atoms with Crippen molar-refractivity contribution in [3.05, 3.63) is 0 Å². The minimum atomic E-state index is 1.09. The topological polar surface area (TPSA) is 15.3 Å². The molecule has 0 aromatic rings. The molecule has 1 N–H and O–H groups in total. The summed E-state index contributed by atoms with van der Waals surface area (Å²) < 4.78 is 0. The van der Waals surface area contributed by atoms with Gasteiger partial charge in [0.2, 0.25) is 0 Å². The van der Waals surface area contributed by atoms with Crippen LogP contribution in [0.25, 0.3) is 0 Å². The van der Waals surface area contributed by atoms with E-state index in [0.717, 1.165) is 13.1 Å². The predicted molar refractivity (Wildman–Crippen MR) is 60.2 cm³/mol. The van der Waals surface area contributed by atoms with Crippen molar-refractivity contribution in [3.8, 4) is 0 Å². The zero-order chi connectivity index (χ0) is 9.94. The second-order valence-electron chi connectivity index (χ2n) is 3.72. The van der Waals surface area contributed by atoms with E-state index in [1.54, 1.807) is 0 Å². The third kappa shape index (κ3) is 9.84. The van der Waals surface area contributed by atoms with Gasteiger partial charge in [-0.05, 0) is 26.6 Å². The van der Waals surface area contributed by atoms with E-state index >= 15 is 0 Å². The molecule has 0 aromatic carbocycles. The summed E-state index contributed by atoms with van der Waals surface area (Å²) in [6, 6.07) is 0. The van der Waals surface area contributed by atoms with Crippen molar-refractivity contribution in [3.63, 3.8) is 0 Å². The first kappa shape index (κ1) is 12.9. The fourth-order valence-electron chi connectivity index (χ4n) is 1.37. The molecule has 0 aliphatic carbocycles. The average molecular weight is 186 g/mol. The summed E-state index contributed by atoms with van der Waals surface area (Å²) >= 11 is 0. The Morgan fingerprint density at radius 2 is 1.77 bits per heavy atom. The monoisotopic (exact) mass is 186 g/mol. The van der Waals surface area contributed by atoms with Crippen LogP contribution >= 0.6 is 0 Å². The van der Waals surface area contributed by atoms with E-state index in [0.29, 0.717) is 0 Å². The highest BCUT2D eigenvalue weighted by molar-refractivity contribution is 4.54. The number of unbranched alkanes of at least 4 members (excludes halogenated alkanes) is 3. The molecule has 0 spiro atoms. The summed E-state index contributed by atoms with van der Waals surface area (Å²) in [4.78, 5) is 2.42. The maximum atomic E-state index is 3.34. The number of nitrogens with zero attached hydrogens (tertiary/aromatic N) is 1. The normalized spacial score (nSPS) is 11.1. The Hall–Kier alpha value is -0.0800. The second-order valence-corrected chi connectivity index (χ2v) is 3.72. The Balaban J connectivity index is 3.05. The molecule has 0 bridgehead atoms. The van der Waals surface area contributed by atoms with E-state index in [1.165, 1.54) is 38.8 Å². The number of likely N-dealkylation sites (N-methyl/N-ethyl adjacent to an activating group) is 2. The summed E-state index contributed by atoms with van der Waals surface area (Å²) in [5.74, 6) is 0. The van der Waals surface area contributed by atoms with E-state index in [1.807, 2.05) is 0 Å². The maximum absolute atomic E-state index is 3.34. The summed E-state index contributed by atoms with van der Waals surface area (Å²) in [6.45, 7) is 9.06. The Kier molecular flexibility index (Phi) is 9.94. The van der Waals surface area contributed by atoms with Gasteiger partial charge in [-0.3, -0.25) is 0 Å². The van der Waals surface area contributed by atoms with Crippen molar-refractivity contribution in [2.75, 3.05) is 33.2 Å². The van der Waals surface area contributed by atoms with Crippen molar-refractivity contribution in [2.24, 2.45) is 0 Å². The molecule has 0 saturated carbocycles. The average Bonchev–Trinajstić information content (AvgIpc) is 2.13. The number of nitrogens with one attached hydrogen (secondary N) is 1. The van der Waals surface area contributed by atoms with Gasteiger partial charge in [-0.1, -0.05) is 33.1 Å². The summed E-state index contributed by atoms with van der Waals surface area (Å²) in [6.07, 6.45) is 5.47. The first-order valence-corrected chi connectivity index (χ1v) is 5.70. The molecule has 0 amide bonds. The Morgan fingerprint density at radius 1 is 1.00 bits per heavy atom. The van der Waals surface area contributed by atoms with Gasteiger partial charge in [0.25, 0.3) is 0 Å². The number of hydrogen-bond acceptors (Lipinski definition) is 2. The molecule has 13 heavy (non-hydrogen) atoms. The number of rotatable bonds is 9. The minimum Gasteiger partial charge on any atom is -0.316 e. The molecule has 0 aliphatic rings. The maximum Gasteiger partial charge on any atom is 0.0104 e. The third-order valence-corrected chi connectivity index (χ3v) is 2.31. The van der Waals surface area contributed by atoms with Crippen LogP contribution in [0.1, 0.15) is 39.5 Å². The van der Waals surface area contributed by atoms with Crippen molar-refractivity contribution in [2.45, 2.75) is 39.5 Å². The first-order chi connectivity index (χ1) is 6.31. The van der Waals surface area contributed by atoms with Gasteiger partial charge < -0.3 is 10.2 Å². The van der Waals surface area contributed by atoms with Crippen LogP contribution in [0.15, 0.2) is 0 Å². The van der Waals surface area contributed by atoms with Crippen LogP contribution < -0.4 is 5.32 Å². The van der Waals surface area contributed by atoms with Gasteiger partial charge in [0.15, 0.2) is 0 Å². The largest absolute Gasteiger partial charge is 0.316 e. The SMILES string of the molecule is CCCCCCN(C)CCNCC. The molecule has 0 atom stereocenters. The Morgan fingerprint density at radius 3 is 2.38 bits per heavy atom. The third-order valence-electron chi connectivity index (χ3n) is 2.31. The highest BCUT2D eigenvalue weighted by atomic mass is 15.1. The Bertz CT molecular complexity index is 94.1. The molecular formula is C11H26N2. The molecule has 0 heterocycles. The Labute approximate surface area is 83.7 Å². The summed E-state index contributed by atoms with van der Waals surface area (Å²) in [5, 5.41) is 3.34. The zero-order valence-electron chi connectivity index (χ0n) is 9.60. The van der Waals surface area contributed by atoms with E-state index in [2.05, 4.69) is 31.1 Å². The molecule has 0 fully saturated rings. The molecule has 0 unspecified atom stereocenters. The molecule has 0 rings (SSSR count). The van der Waals surface area contributed by atoms with Gasteiger partial charge in [-0.25, -0.2) is 0 Å². The van der Waals surface area contributed by atoms with Crippen LogP contribution in [0, 0.1) is 0 Å². The van der Waals surface area contributed by atoms with Gasteiger partial charge >= 0.3 is 0 Å². The van der Waals surface area contributed by atoms with E-state index in [4.69, 9.17) is 0 Å². The van der Waals surface area contributed by atoms with Crippen LogP contribution in [0.4, 0.5) is 0 Å². The second kappa shape index (κ2) is 10.0. The quantitative estimate of drug-likeness (QED) is 0.555.